The Hall–Kier alpha value is -2.33. The zero-order valence-corrected chi connectivity index (χ0v) is 16.4. The largest absolute Gasteiger partial charge is 0.416 e. The normalized spacial score (nSPS) is 21.7. The van der Waals surface area contributed by atoms with Crippen molar-refractivity contribution in [1.29, 1.82) is 0 Å². The highest BCUT2D eigenvalue weighted by Crippen LogP contribution is 2.37. The second-order valence-electron chi connectivity index (χ2n) is 7.61. The van der Waals surface area contributed by atoms with E-state index >= 15 is 0 Å². The number of carbonyl (C=O) groups is 1. The predicted octanol–water partition coefficient (Wildman–Crippen LogP) is 5.10. The van der Waals surface area contributed by atoms with Gasteiger partial charge in [0.25, 0.3) is 5.91 Å². The minimum atomic E-state index is -5.06. The Bertz CT molecular complexity index is 838. The van der Waals surface area contributed by atoms with Gasteiger partial charge in [0, 0.05) is 5.69 Å². The first-order valence-electron chi connectivity index (χ1n) is 8.85. The molecule has 4 nitrogen and oxygen atoms in total. The van der Waals surface area contributed by atoms with Crippen molar-refractivity contribution >= 4 is 11.6 Å². The van der Waals surface area contributed by atoms with Crippen LogP contribution in [0.15, 0.2) is 42.0 Å². The second-order valence-corrected chi connectivity index (χ2v) is 7.61. The molecule has 0 radical (unpaired) electrons. The third-order valence-corrected chi connectivity index (χ3v) is 4.55. The van der Waals surface area contributed by atoms with Crippen LogP contribution >= 0.6 is 0 Å². The van der Waals surface area contributed by atoms with Gasteiger partial charge in [0.15, 0.2) is 5.60 Å². The summed E-state index contributed by atoms with van der Waals surface area (Å²) in [5.41, 5.74) is -5.92. The predicted molar refractivity (Wildman–Crippen MR) is 97.6 cm³/mol. The third-order valence-electron chi connectivity index (χ3n) is 4.55. The number of hydrogen-bond donors (Lipinski definition) is 2. The van der Waals surface area contributed by atoms with Gasteiger partial charge in [0.1, 0.15) is 0 Å². The van der Waals surface area contributed by atoms with Gasteiger partial charge in [-0.15, -0.1) is 0 Å². The van der Waals surface area contributed by atoms with E-state index in [1.54, 1.807) is 19.1 Å². The molecule has 2 rings (SSSR count). The lowest BCUT2D eigenvalue weighted by Crippen LogP contribution is -2.46. The fraction of sp³-hybridized carbons (Fsp3) is 0.450. The molecule has 0 spiro atoms. The summed E-state index contributed by atoms with van der Waals surface area (Å²) in [7, 11) is 0. The van der Waals surface area contributed by atoms with Gasteiger partial charge in [-0.25, -0.2) is 0 Å². The van der Waals surface area contributed by atoms with Crippen LogP contribution in [0.5, 0.6) is 0 Å². The summed E-state index contributed by atoms with van der Waals surface area (Å²) < 4.78 is 83.3. The average Bonchev–Trinajstić information content (AvgIpc) is 2.61. The maximum absolute atomic E-state index is 12.9. The Kier molecular flexibility index (Phi) is 6.44. The number of alkyl halides is 6. The molecule has 2 unspecified atom stereocenters. The molecule has 0 saturated carbocycles. The molecule has 30 heavy (non-hydrogen) atoms. The fourth-order valence-corrected chi connectivity index (χ4v) is 2.58. The summed E-state index contributed by atoms with van der Waals surface area (Å²) in [6, 6.07) is 0.675. The molecular weight excluding hydrogens is 416 g/mol. The Balaban J connectivity index is 2.18. The molecule has 1 aliphatic carbocycles. The molecule has 1 amide bonds. The highest BCUT2D eigenvalue weighted by atomic mass is 19.4. The van der Waals surface area contributed by atoms with Crippen molar-refractivity contribution in [3.05, 3.63) is 53.1 Å². The molecule has 0 saturated heterocycles. The summed E-state index contributed by atoms with van der Waals surface area (Å²) in [6.45, 7) is 4.11. The standard InChI is InChI=1S/C20H21F6NO3/c1-12-4-6-17(2,7-5-12)30-11-18(3,29)16(28)27-15-9-13(19(21,22)23)8-14(10-15)20(24,25)26/h4-6,8-10,29H,7,11H2,1-3H3,(H,27,28). The van der Waals surface area contributed by atoms with Crippen molar-refractivity contribution < 1.29 is 41.0 Å². The number of ether oxygens (including phenoxy) is 1. The third kappa shape index (κ3) is 6.09. The molecule has 10 heteroatoms. The van der Waals surface area contributed by atoms with Gasteiger partial charge in [0.2, 0.25) is 0 Å². The highest BCUT2D eigenvalue weighted by Gasteiger charge is 2.38. The Morgan fingerprint density at radius 2 is 1.67 bits per heavy atom. The quantitative estimate of drug-likeness (QED) is 0.631. The van der Waals surface area contributed by atoms with Gasteiger partial charge in [-0.2, -0.15) is 26.3 Å². The van der Waals surface area contributed by atoms with Gasteiger partial charge in [0.05, 0.1) is 23.3 Å². The van der Waals surface area contributed by atoms with Gasteiger partial charge in [-0.05, 0) is 45.4 Å². The minimum Gasteiger partial charge on any atom is -0.378 e. The first-order chi connectivity index (χ1) is 13.5. The first-order valence-corrected chi connectivity index (χ1v) is 8.85. The Morgan fingerprint density at radius 1 is 1.13 bits per heavy atom. The van der Waals surface area contributed by atoms with Gasteiger partial charge in [-0.3, -0.25) is 4.79 Å². The number of halogens is 6. The van der Waals surface area contributed by atoms with Crippen LogP contribution < -0.4 is 5.32 Å². The van der Waals surface area contributed by atoms with Crippen LogP contribution in [0.2, 0.25) is 0 Å². The smallest absolute Gasteiger partial charge is 0.378 e. The summed E-state index contributed by atoms with van der Waals surface area (Å²) in [5.74, 6) is -1.20. The van der Waals surface area contributed by atoms with E-state index in [1.807, 2.05) is 18.3 Å². The Morgan fingerprint density at radius 3 is 2.10 bits per heavy atom. The lowest BCUT2D eigenvalue weighted by molar-refractivity contribution is -0.145. The summed E-state index contributed by atoms with van der Waals surface area (Å²) >= 11 is 0. The van der Waals surface area contributed by atoms with Crippen LogP contribution in [0.1, 0.15) is 38.3 Å². The van der Waals surface area contributed by atoms with Crippen molar-refractivity contribution in [2.24, 2.45) is 0 Å². The fourth-order valence-electron chi connectivity index (χ4n) is 2.58. The van der Waals surface area contributed by atoms with Crippen molar-refractivity contribution in [3.63, 3.8) is 0 Å². The van der Waals surface area contributed by atoms with E-state index in [0.29, 0.717) is 18.6 Å². The van der Waals surface area contributed by atoms with Crippen LogP contribution in [-0.2, 0) is 21.9 Å². The van der Waals surface area contributed by atoms with E-state index in [4.69, 9.17) is 4.74 Å². The number of amides is 1. The number of nitrogens with one attached hydrogen (secondary N) is 1. The number of carbonyl (C=O) groups excluding carboxylic acids is 1. The van der Waals surface area contributed by atoms with E-state index in [9.17, 15) is 36.2 Å². The van der Waals surface area contributed by atoms with Crippen molar-refractivity contribution in [2.75, 3.05) is 11.9 Å². The topological polar surface area (TPSA) is 58.6 Å². The molecule has 0 fully saturated rings. The second kappa shape index (κ2) is 8.07. The Labute approximate surface area is 169 Å². The molecule has 1 aromatic carbocycles. The van der Waals surface area contributed by atoms with E-state index < -0.39 is 52.9 Å². The number of allylic oxidation sites excluding steroid dienone is 2. The summed E-state index contributed by atoms with van der Waals surface area (Å²) in [4.78, 5) is 12.4. The van der Waals surface area contributed by atoms with Crippen LogP contribution in [0.3, 0.4) is 0 Å². The highest BCUT2D eigenvalue weighted by molar-refractivity contribution is 5.97. The number of anilines is 1. The molecule has 1 aromatic rings. The van der Waals surface area contributed by atoms with Crippen LogP contribution in [0.25, 0.3) is 0 Å². The molecular formula is C20H21F6NO3. The molecule has 166 valence electrons. The van der Waals surface area contributed by atoms with Crippen molar-refractivity contribution in [1.82, 2.24) is 0 Å². The maximum atomic E-state index is 12.9. The molecule has 2 atom stereocenters. The molecule has 2 N–H and O–H groups in total. The zero-order valence-electron chi connectivity index (χ0n) is 16.4. The van der Waals surface area contributed by atoms with E-state index in [2.05, 4.69) is 0 Å². The van der Waals surface area contributed by atoms with Gasteiger partial charge in [-0.1, -0.05) is 23.8 Å². The van der Waals surface area contributed by atoms with Gasteiger partial charge >= 0.3 is 12.4 Å². The van der Waals surface area contributed by atoms with E-state index in [1.165, 1.54) is 0 Å². The lowest BCUT2D eigenvalue weighted by Gasteiger charge is -2.32. The number of rotatable bonds is 5. The zero-order chi connectivity index (χ0) is 23.0. The van der Waals surface area contributed by atoms with Crippen LogP contribution in [0, 0.1) is 0 Å². The van der Waals surface area contributed by atoms with E-state index in [0.717, 1.165) is 12.5 Å². The van der Waals surface area contributed by atoms with Crippen LogP contribution in [-0.4, -0.2) is 28.8 Å². The lowest BCUT2D eigenvalue weighted by atomic mass is 9.94. The number of hydrogen-bond acceptors (Lipinski definition) is 3. The minimum absolute atomic E-state index is 0.0529. The SMILES string of the molecule is CC1=CCC(C)(OCC(C)(O)C(=O)Nc2cc(C(F)(F)F)cc(C(F)(F)F)c2)C=C1. The molecule has 0 aliphatic heterocycles. The maximum Gasteiger partial charge on any atom is 0.416 e. The molecule has 0 bridgehead atoms. The number of aliphatic hydroxyl groups is 1. The molecule has 1 aliphatic rings. The summed E-state index contributed by atoms with van der Waals surface area (Å²) in [6.07, 6.45) is -4.23. The average molecular weight is 437 g/mol. The molecule has 0 aromatic heterocycles. The van der Waals surface area contributed by atoms with Crippen molar-refractivity contribution in [2.45, 2.75) is 50.7 Å². The first kappa shape index (κ1) is 23.9. The number of benzene rings is 1. The van der Waals surface area contributed by atoms with E-state index in [-0.39, 0.29) is 6.07 Å². The summed E-state index contributed by atoms with van der Waals surface area (Å²) in [5, 5.41) is 12.3. The van der Waals surface area contributed by atoms with Crippen molar-refractivity contribution in [3.8, 4) is 0 Å². The van der Waals surface area contributed by atoms with Crippen LogP contribution in [0.4, 0.5) is 32.0 Å². The van der Waals surface area contributed by atoms with Gasteiger partial charge < -0.3 is 15.2 Å². The monoisotopic (exact) mass is 437 g/mol. The molecule has 0 heterocycles.